The number of rotatable bonds is 5. The van der Waals surface area contributed by atoms with E-state index in [1.54, 1.807) is 19.1 Å². The lowest BCUT2D eigenvalue weighted by Crippen LogP contribution is -2.39. The topological polar surface area (TPSA) is 32.3 Å². The largest absolute Gasteiger partial charge is 0.325 e. The van der Waals surface area contributed by atoms with Gasteiger partial charge in [-0.25, -0.2) is 4.39 Å². The molecule has 0 aliphatic carbocycles. The molecule has 0 radical (unpaired) electrons. The normalized spacial score (nSPS) is 12.2. The van der Waals surface area contributed by atoms with E-state index >= 15 is 0 Å². The van der Waals surface area contributed by atoms with E-state index in [9.17, 15) is 9.18 Å². The van der Waals surface area contributed by atoms with Gasteiger partial charge < -0.3 is 5.32 Å². The van der Waals surface area contributed by atoms with Gasteiger partial charge in [0.05, 0.1) is 6.04 Å². The van der Waals surface area contributed by atoms with Gasteiger partial charge in [0.1, 0.15) is 5.82 Å². The van der Waals surface area contributed by atoms with Crippen LogP contribution in [0.15, 0.2) is 48.5 Å². The van der Waals surface area contributed by atoms with Crippen LogP contribution in [-0.2, 0) is 11.3 Å². The quantitative estimate of drug-likeness (QED) is 0.915. The number of benzene rings is 2. The summed E-state index contributed by atoms with van der Waals surface area (Å²) in [5.74, 6) is -0.468. The Morgan fingerprint density at radius 2 is 1.91 bits per heavy atom. The predicted octanol–water partition coefficient (Wildman–Crippen LogP) is 3.59. The van der Waals surface area contributed by atoms with Gasteiger partial charge in [-0.3, -0.25) is 9.69 Å². The highest BCUT2D eigenvalue weighted by atomic mass is 19.1. The summed E-state index contributed by atoms with van der Waals surface area (Å²) in [5.41, 5.74) is 2.19. The van der Waals surface area contributed by atoms with Crippen molar-refractivity contribution in [3.8, 4) is 0 Å². The monoisotopic (exact) mass is 300 g/mol. The van der Waals surface area contributed by atoms with Crippen molar-refractivity contribution < 1.29 is 9.18 Å². The predicted molar refractivity (Wildman–Crippen MR) is 87.1 cm³/mol. The molecule has 0 aliphatic rings. The molecular formula is C18H21FN2O. The summed E-state index contributed by atoms with van der Waals surface area (Å²) < 4.78 is 13.5. The number of aryl methyl sites for hydroxylation is 1. The summed E-state index contributed by atoms with van der Waals surface area (Å²) in [7, 11) is 1.90. The lowest BCUT2D eigenvalue weighted by atomic mass is 10.1. The Kier molecular flexibility index (Phi) is 5.28. The number of halogens is 1. The zero-order valence-corrected chi connectivity index (χ0v) is 13.1. The maximum atomic E-state index is 13.5. The summed E-state index contributed by atoms with van der Waals surface area (Å²) >= 11 is 0. The fourth-order valence-corrected chi connectivity index (χ4v) is 2.13. The van der Waals surface area contributed by atoms with Gasteiger partial charge in [0.15, 0.2) is 0 Å². The van der Waals surface area contributed by atoms with Crippen LogP contribution < -0.4 is 5.32 Å². The van der Waals surface area contributed by atoms with E-state index in [1.165, 1.54) is 6.07 Å². The second-order valence-electron chi connectivity index (χ2n) is 5.53. The standard InChI is InChI=1S/C18H21FN2O/c1-13-9-10-16(11-17(13)19)20-18(22)14(2)21(3)12-15-7-5-4-6-8-15/h4-11,14H,12H2,1-3H3,(H,20,22)/t14-/m1/s1. The molecule has 1 atom stereocenters. The number of hydrogen-bond acceptors (Lipinski definition) is 2. The molecule has 0 spiro atoms. The van der Waals surface area contributed by atoms with E-state index < -0.39 is 0 Å². The number of amides is 1. The van der Waals surface area contributed by atoms with E-state index in [1.807, 2.05) is 49.2 Å². The number of nitrogens with zero attached hydrogens (tertiary/aromatic N) is 1. The highest BCUT2D eigenvalue weighted by Gasteiger charge is 2.18. The van der Waals surface area contributed by atoms with E-state index in [4.69, 9.17) is 0 Å². The summed E-state index contributed by atoms with van der Waals surface area (Å²) in [4.78, 5) is 14.2. The van der Waals surface area contributed by atoms with Gasteiger partial charge in [-0.05, 0) is 44.2 Å². The van der Waals surface area contributed by atoms with Crippen molar-refractivity contribution in [2.75, 3.05) is 12.4 Å². The van der Waals surface area contributed by atoms with Crippen molar-refractivity contribution in [2.24, 2.45) is 0 Å². The molecule has 0 bridgehead atoms. The molecule has 4 heteroatoms. The molecule has 0 saturated carbocycles. The zero-order valence-electron chi connectivity index (χ0n) is 13.1. The second-order valence-corrected chi connectivity index (χ2v) is 5.53. The van der Waals surface area contributed by atoms with E-state index in [2.05, 4.69) is 5.32 Å². The van der Waals surface area contributed by atoms with Crippen LogP contribution in [0.3, 0.4) is 0 Å². The highest BCUT2D eigenvalue weighted by molar-refractivity contribution is 5.94. The fourth-order valence-electron chi connectivity index (χ4n) is 2.13. The average molecular weight is 300 g/mol. The SMILES string of the molecule is Cc1ccc(NC(=O)[C@@H](C)N(C)Cc2ccccc2)cc1F. The van der Waals surface area contributed by atoms with Gasteiger partial charge in [0, 0.05) is 12.2 Å². The Morgan fingerprint density at radius 3 is 2.55 bits per heavy atom. The molecule has 2 aromatic rings. The Balaban J connectivity index is 1.97. The summed E-state index contributed by atoms with van der Waals surface area (Å²) in [6.45, 7) is 4.21. The third-order valence-corrected chi connectivity index (χ3v) is 3.75. The first-order valence-electron chi connectivity index (χ1n) is 7.28. The molecule has 0 heterocycles. The maximum absolute atomic E-state index is 13.5. The third kappa shape index (κ3) is 4.15. The van der Waals surface area contributed by atoms with Gasteiger partial charge in [-0.15, -0.1) is 0 Å². The van der Waals surface area contributed by atoms with Crippen molar-refractivity contribution in [1.82, 2.24) is 4.90 Å². The first kappa shape index (κ1) is 16.2. The van der Waals surface area contributed by atoms with Crippen molar-refractivity contribution in [3.63, 3.8) is 0 Å². The van der Waals surface area contributed by atoms with E-state index in [0.717, 1.165) is 5.56 Å². The molecule has 1 N–H and O–H groups in total. The minimum atomic E-state index is -0.317. The highest BCUT2D eigenvalue weighted by Crippen LogP contribution is 2.15. The van der Waals surface area contributed by atoms with Crippen LogP contribution in [0.4, 0.5) is 10.1 Å². The lowest BCUT2D eigenvalue weighted by molar-refractivity contribution is -0.120. The molecule has 0 unspecified atom stereocenters. The second kappa shape index (κ2) is 7.18. The first-order valence-corrected chi connectivity index (χ1v) is 7.28. The smallest absolute Gasteiger partial charge is 0.241 e. The number of likely N-dealkylation sites (N-methyl/N-ethyl adjacent to an activating group) is 1. The molecule has 22 heavy (non-hydrogen) atoms. The van der Waals surface area contributed by atoms with Crippen molar-refractivity contribution in [3.05, 3.63) is 65.5 Å². The summed E-state index contributed by atoms with van der Waals surface area (Å²) in [5, 5.41) is 2.76. The van der Waals surface area contributed by atoms with Crippen LogP contribution >= 0.6 is 0 Å². The Labute approximate surface area is 130 Å². The number of nitrogens with one attached hydrogen (secondary N) is 1. The maximum Gasteiger partial charge on any atom is 0.241 e. The zero-order chi connectivity index (χ0) is 16.1. The molecule has 0 saturated heterocycles. The average Bonchev–Trinajstić information content (AvgIpc) is 2.51. The Bertz CT molecular complexity index is 643. The van der Waals surface area contributed by atoms with Gasteiger partial charge in [-0.2, -0.15) is 0 Å². The van der Waals surface area contributed by atoms with Gasteiger partial charge in [0.2, 0.25) is 5.91 Å². The van der Waals surface area contributed by atoms with Gasteiger partial charge >= 0.3 is 0 Å². The molecule has 116 valence electrons. The van der Waals surface area contributed by atoms with Crippen molar-refractivity contribution in [1.29, 1.82) is 0 Å². The number of carbonyl (C=O) groups excluding carboxylic acids is 1. The molecule has 0 fully saturated rings. The molecular weight excluding hydrogens is 279 g/mol. The lowest BCUT2D eigenvalue weighted by Gasteiger charge is -2.24. The minimum absolute atomic E-state index is 0.151. The Hall–Kier alpha value is -2.20. The van der Waals surface area contributed by atoms with Crippen molar-refractivity contribution >= 4 is 11.6 Å². The molecule has 0 aromatic heterocycles. The van der Waals surface area contributed by atoms with E-state index in [-0.39, 0.29) is 17.8 Å². The van der Waals surface area contributed by atoms with Crippen molar-refractivity contribution in [2.45, 2.75) is 26.4 Å². The van der Waals surface area contributed by atoms with Crippen LogP contribution in [0.1, 0.15) is 18.1 Å². The minimum Gasteiger partial charge on any atom is -0.325 e. The number of carbonyl (C=O) groups is 1. The van der Waals surface area contributed by atoms with Crippen LogP contribution in [-0.4, -0.2) is 23.9 Å². The van der Waals surface area contributed by atoms with Crippen LogP contribution in [0, 0.1) is 12.7 Å². The van der Waals surface area contributed by atoms with Crippen LogP contribution in [0.5, 0.6) is 0 Å². The van der Waals surface area contributed by atoms with Crippen LogP contribution in [0.25, 0.3) is 0 Å². The van der Waals surface area contributed by atoms with E-state index in [0.29, 0.717) is 17.8 Å². The van der Waals surface area contributed by atoms with Crippen LogP contribution in [0.2, 0.25) is 0 Å². The molecule has 2 rings (SSSR count). The number of anilines is 1. The third-order valence-electron chi connectivity index (χ3n) is 3.75. The molecule has 2 aromatic carbocycles. The molecule has 1 amide bonds. The van der Waals surface area contributed by atoms with Gasteiger partial charge in [0.25, 0.3) is 0 Å². The van der Waals surface area contributed by atoms with Gasteiger partial charge in [-0.1, -0.05) is 36.4 Å². The molecule has 3 nitrogen and oxygen atoms in total. The summed E-state index contributed by atoms with van der Waals surface area (Å²) in [6.07, 6.45) is 0. The first-order chi connectivity index (χ1) is 10.5. The number of hydrogen-bond donors (Lipinski definition) is 1. The molecule has 0 aliphatic heterocycles. The Morgan fingerprint density at radius 1 is 1.23 bits per heavy atom. The summed E-state index contributed by atoms with van der Waals surface area (Å²) in [6, 6.07) is 14.4. The fraction of sp³-hybridized carbons (Fsp3) is 0.278.